The average Bonchev–Trinajstić information content (AvgIpc) is 2.37. The SMILES string of the molecule is Nc1ccc(C(=O)Cc2ccc(F)c(F)c2)cc1F. The van der Waals surface area contributed by atoms with Crippen LogP contribution in [0.4, 0.5) is 18.9 Å². The van der Waals surface area contributed by atoms with E-state index in [-0.39, 0.29) is 17.7 Å². The van der Waals surface area contributed by atoms with Gasteiger partial charge in [0.15, 0.2) is 17.4 Å². The molecule has 98 valence electrons. The lowest BCUT2D eigenvalue weighted by Crippen LogP contribution is -2.05. The number of carbonyl (C=O) groups excluding carboxylic acids is 1. The van der Waals surface area contributed by atoms with Gasteiger partial charge in [-0.15, -0.1) is 0 Å². The van der Waals surface area contributed by atoms with Gasteiger partial charge in [-0.05, 0) is 35.9 Å². The lowest BCUT2D eigenvalue weighted by atomic mass is 10.0. The van der Waals surface area contributed by atoms with Crippen LogP contribution in [0, 0.1) is 17.5 Å². The number of Topliss-reactive ketones (excluding diaryl/α,β-unsaturated/α-hetero) is 1. The number of nitrogens with two attached hydrogens (primary N) is 1. The van der Waals surface area contributed by atoms with Gasteiger partial charge in [-0.2, -0.15) is 0 Å². The quantitative estimate of drug-likeness (QED) is 0.684. The predicted molar refractivity (Wildman–Crippen MR) is 65.2 cm³/mol. The highest BCUT2D eigenvalue weighted by molar-refractivity contribution is 5.97. The fraction of sp³-hybridized carbons (Fsp3) is 0.0714. The second kappa shape index (κ2) is 5.14. The van der Waals surface area contributed by atoms with E-state index in [4.69, 9.17) is 5.73 Å². The molecule has 2 aromatic carbocycles. The zero-order valence-electron chi connectivity index (χ0n) is 9.79. The zero-order valence-corrected chi connectivity index (χ0v) is 9.79. The van der Waals surface area contributed by atoms with Crippen LogP contribution in [0.15, 0.2) is 36.4 Å². The van der Waals surface area contributed by atoms with E-state index >= 15 is 0 Å². The number of benzene rings is 2. The van der Waals surface area contributed by atoms with Crippen LogP contribution >= 0.6 is 0 Å². The molecule has 0 amide bonds. The minimum atomic E-state index is -1.02. The molecule has 0 aliphatic carbocycles. The maximum absolute atomic E-state index is 13.2. The molecule has 0 saturated heterocycles. The molecule has 2 nitrogen and oxygen atoms in total. The van der Waals surface area contributed by atoms with Crippen molar-refractivity contribution in [3.05, 3.63) is 65.0 Å². The van der Waals surface area contributed by atoms with Gasteiger partial charge in [0.2, 0.25) is 0 Å². The van der Waals surface area contributed by atoms with Gasteiger partial charge in [-0.25, -0.2) is 13.2 Å². The molecule has 0 heterocycles. The average molecular weight is 265 g/mol. The van der Waals surface area contributed by atoms with Crippen LogP contribution in [-0.2, 0) is 6.42 Å². The first-order valence-corrected chi connectivity index (χ1v) is 5.49. The van der Waals surface area contributed by atoms with Crippen LogP contribution < -0.4 is 5.73 Å². The van der Waals surface area contributed by atoms with Gasteiger partial charge in [0, 0.05) is 12.0 Å². The molecule has 0 bridgehead atoms. The fourth-order valence-corrected chi connectivity index (χ4v) is 1.64. The lowest BCUT2D eigenvalue weighted by Gasteiger charge is -2.04. The Morgan fingerprint density at radius 3 is 2.32 bits per heavy atom. The molecule has 0 radical (unpaired) electrons. The number of nitrogen functional groups attached to an aromatic ring is 1. The van der Waals surface area contributed by atoms with Crippen LogP contribution in [0.1, 0.15) is 15.9 Å². The van der Waals surface area contributed by atoms with E-state index in [1.165, 1.54) is 18.2 Å². The topological polar surface area (TPSA) is 43.1 Å². The summed E-state index contributed by atoms with van der Waals surface area (Å²) in [5.41, 5.74) is 5.70. The monoisotopic (exact) mass is 265 g/mol. The summed E-state index contributed by atoms with van der Waals surface area (Å²) in [6.45, 7) is 0. The first-order chi connectivity index (χ1) is 8.97. The summed E-state index contributed by atoms with van der Waals surface area (Å²) < 4.78 is 38.9. The van der Waals surface area contributed by atoms with E-state index in [0.29, 0.717) is 5.56 Å². The molecule has 0 aliphatic rings. The van der Waals surface area contributed by atoms with Gasteiger partial charge >= 0.3 is 0 Å². The highest BCUT2D eigenvalue weighted by atomic mass is 19.2. The Bertz CT molecular complexity index is 641. The molecule has 5 heteroatoms. The third kappa shape index (κ3) is 2.93. The van der Waals surface area contributed by atoms with Crippen molar-refractivity contribution in [2.24, 2.45) is 0 Å². The van der Waals surface area contributed by atoms with Gasteiger partial charge in [0.05, 0.1) is 5.69 Å². The van der Waals surface area contributed by atoms with Gasteiger partial charge in [-0.3, -0.25) is 4.79 Å². The standard InChI is InChI=1S/C14H10F3NO/c15-10-3-1-8(5-11(10)16)6-14(19)9-2-4-13(18)12(17)7-9/h1-5,7H,6,18H2. The maximum atomic E-state index is 13.2. The summed E-state index contributed by atoms with van der Waals surface area (Å²) in [5.74, 6) is -3.08. The number of hydrogen-bond donors (Lipinski definition) is 1. The summed E-state index contributed by atoms with van der Waals surface area (Å²) in [6.07, 6.45) is -0.138. The molecule has 0 unspecified atom stereocenters. The van der Waals surface area contributed by atoms with E-state index in [2.05, 4.69) is 0 Å². The first kappa shape index (κ1) is 13.1. The molecule has 2 N–H and O–H groups in total. The van der Waals surface area contributed by atoms with Crippen molar-refractivity contribution in [3.8, 4) is 0 Å². The van der Waals surface area contributed by atoms with Crippen LogP contribution in [-0.4, -0.2) is 5.78 Å². The first-order valence-electron chi connectivity index (χ1n) is 5.49. The van der Waals surface area contributed by atoms with E-state index in [1.54, 1.807) is 0 Å². The Morgan fingerprint density at radius 1 is 0.947 bits per heavy atom. The van der Waals surface area contributed by atoms with Crippen LogP contribution in [0.25, 0.3) is 0 Å². The van der Waals surface area contributed by atoms with Crippen molar-refractivity contribution in [2.75, 3.05) is 5.73 Å². The number of carbonyl (C=O) groups is 1. The molecule has 2 rings (SSSR count). The predicted octanol–water partition coefficient (Wildman–Crippen LogP) is 3.11. The Balaban J connectivity index is 2.20. The Hall–Kier alpha value is -2.30. The third-order valence-corrected chi connectivity index (χ3v) is 2.67. The highest BCUT2D eigenvalue weighted by Gasteiger charge is 2.11. The lowest BCUT2D eigenvalue weighted by molar-refractivity contribution is 0.0992. The van der Waals surface area contributed by atoms with Gasteiger partial charge in [-0.1, -0.05) is 6.07 Å². The van der Waals surface area contributed by atoms with Crippen molar-refractivity contribution < 1.29 is 18.0 Å². The van der Waals surface area contributed by atoms with Crippen molar-refractivity contribution in [3.63, 3.8) is 0 Å². The van der Waals surface area contributed by atoms with E-state index in [9.17, 15) is 18.0 Å². The van der Waals surface area contributed by atoms with Crippen molar-refractivity contribution >= 4 is 11.5 Å². The number of anilines is 1. The van der Waals surface area contributed by atoms with E-state index in [1.807, 2.05) is 0 Å². The van der Waals surface area contributed by atoms with Crippen molar-refractivity contribution in [2.45, 2.75) is 6.42 Å². The van der Waals surface area contributed by atoms with Crippen LogP contribution in [0.3, 0.4) is 0 Å². The summed E-state index contributed by atoms with van der Waals surface area (Å²) >= 11 is 0. The molecular weight excluding hydrogens is 255 g/mol. The van der Waals surface area contributed by atoms with Gasteiger partial charge < -0.3 is 5.73 Å². The smallest absolute Gasteiger partial charge is 0.167 e. The number of ketones is 1. The second-order valence-electron chi connectivity index (χ2n) is 4.08. The molecule has 2 aromatic rings. The van der Waals surface area contributed by atoms with Gasteiger partial charge in [0.25, 0.3) is 0 Å². The van der Waals surface area contributed by atoms with Crippen LogP contribution in [0.5, 0.6) is 0 Å². The largest absolute Gasteiger partial charge is 0.396 e. The van der Waals surface area contributed by atoms with Crippen LogP contribution in [0.2, 0.25) is 0 Å². The van der Waals surface area contributed by atoms with Gasteiger partial charge in [0.1, 0.15) is 5.82 Å². The highest BCUT2D eigenvalue weighted by Crippen LogP contribution is 2.15. The zero-order chi connectivity index (χ0) is 14.0. The fourth-order valence-electron chi connectivity index (χ4n) is 1.64. The molecule has 0 spiro atoms. The normalized spacial score (nSPS) is 10.5. The second-order valence-corrected chi connectivity index (χ2v) is 4.08. The number of halogens is 3. The molecule has 0 fully saturated rings. The summed E-state index contributed by atoms with van der Waals surface area (Å²) in [4.78, 5) is 11.9. The molecule has 0 aliphatic heterocycles. The molecule has 19 heavy (non-hydrogen) atoms. The molecule has 0 saturated carbocycles. The minimum absolute atomic E-state index is 0.0515. The summed E-state index contributed by atoms with van der Waals surface area (Å²) in [7, 11) is 0. The number of rotatable bonds is 3. The Morgan fingerprint density at radius 2 is 1.68 bits per heavy atom. The summed E-state index contributed by atoms with van der Waals surface area (Å²) in [5, 5.41) is 0. The third-order valence-electron chi connectivity index (χ3n) is 2.67. The number of hydrogen-bond acceptors (Lipinski definition) is 2. The summed E-state index contributed by atoms with van der Waals surface area (Å²) in [6, 6.07) is 6.90. The van der Waals surface area contributed by atoms with Crippen molar-refractivity contribution in [1.82, 2.24) is 0 Å². The van der Waals surface area contributed by atoms with E-state index in [0.717, 1.165) is 18.2 Å². The Kier molecular flexibility index (Phi) is 3.55. The molecule has 0 atom stereocenters. The maximum Gasteiger partial charge on any atom is 0.167 e. The Labute approximate surface area is 107 Å². The minimum Gasteiger partial charge on any atom is -0.396 e. The van der Waals surface area contributed by atoms with E-state index < -0.39 is 23.2 Å². The molecular formula is C14H10F3NO. The van der Waals surface area contributed by atoms with Crippen molar-refractivity contribution in [1.29, 1.82) is 0 Å². The molecule has 0 aromatic heterocycles.